The van der Waals surface area contributed by atoms with Gasteiger partial charge in [0.2, 0.25) is 11.8 Å². The van der Waals surface area contributed by atoms with E-state index in [1.807, 2.05) is 61.8 Å². The molecule has 0 spiro atoms. The zero-order chi connectivity index (χ0) is 19.5. The Morgan fingerprint density at radius 2 is 1.82 bits per heavy atom. The number of ether oxygens (including phenoxy) is 1. The van der Waals surface area contributed by atoms with Crippen LogP contribution in [0.15, 0.2) is 48.9 Å². The normalized spacial score (nSPS) is 10.8. The molecule has 0 fully saturated rings. The molecule has 0 amide bonds. The minimum atomic E-state index is 0.410. The van der Waals surface area contributed by atoms with Crippen LogP contribution in [0.1, 0.15) is 18.2 Å². The third kappa shape index (κ3) is 4.01. The maximum atomic E-state index is 5.60. The average Bonchev–Trinajstić information content (AvgIpc) is 3.08. The van der Waals surface area contributed by atoms with Crippen molar-refractivity contribution in [1.29, 1.82) is 0 Å². The fourth-order valence-electron chi connectivity index (χ4n) is 2.92. The van der Waals surface area contributed by atoms with E-state index in [0.717, 1.165) is 22.6 Å². The van der Waals surface area contributed by atoms with Crippen molar-refractivity contribution in [3.05, 3.63) is 60.2 Å². The summed E-state index contributed by atoms with van der Waals surface area (Å²) in [6, 6.07) is 9.63. The van der Waals surface area contributed by atoms with E-state index in [1.165, 1.54) is 0 Å². The fourth-order valence-corrected chi connectivity index (χ4v) is 2.92. The molecule has 0 saturated heterocycles. The number of fused-ring (bicyclic) bond motifs is 1. The Bertz CT molecular complexity index is 1100. The molecular weight excluding hydrogens is 354 g/mol. The maximum absolute atomic E-state index is 5.60. The Kier molecular flexibility index (Phi) is 4.76. The highest BCUT2D eigenvalue weighted by atomic mass is 16.5. The van der Waals surface area contributed by atoms with Crippen LogP contribution in [0.3, 0.4) is 0 Å². The first-order valence-corrected chi connectivity index (χ1v) is 9.03. The highest BCUT2D eigenvalue weighted by Gasteiger charge is 2.08. The van der Waals surface area contributed by atoms with E-state index in [9.17, 15) is 0 Å². The minimum Gasteiger partial charge on any atom is -0.478 e. The van der Waals surface area contributed by atoms with Crippen LogP contribution >= 0.6 is 0 Å². The predicted octanol–water partition coefficient (Wildman–Crippen LogP) is 4.02. The molecule has 4 aromatic heterocycles. The lowest BCUT2D eigenvalue weighted by atomic mass is 10.2. The maximum Gasteiger partial charge on any atom is 0.233 e. The second-order valence-corrected chi connectivity index (χ2v) is 6.38. The zero-order valence-corrected chi connectivity index (χ0v) is 16.0. The molecule has 2 N–H and O–H groups in total. The first-order valence-electron chi connectivity index (χ1n) is 9.03. The number of nitrogens with one attached hydrogen (secondary N) is 2. The lowest BCUT2D eigenvalue weighted by molar-refractivity contribution is 0.327. The monoisotopic (exact) mass is 375 g/mol. The van der Waals surface area contributed by atoms with Gasteiger partial charge in [-0.25, -0.2) is 9.97 Å². The minimum absolute atomic E-state index is 0.410. The molecule has 0 aliphatic heterocycles. The van der Waals surface area contributed by atoms with Gasteiger partial charge in [0.1, 0.15) is 17.3 Å². The molecule has 0 aromatic carbocycles. The van der Waals surface area contributed by atoms with E-state index < -0.39 is 0 Å². The molecule has 142 valence electrons. The largest absolute Gasteiger partial charge is 0.478 e. The van der Waals surface area contributed by atoms with Gasteiger partial charge in [-0.3, -0.25) is 0 Å². The molecule has 0 unspecified atom stereocenters. The third-order valence-electron chi connectivity index (χ3n) is 4.00. The Labute approximate surface area is 162 Å². The van der Waals surface area contributed by atoms with Gasteiger partial charge in [0, 0.05) is 42.1 Å². The van der Waals surface area contributed by atoms with Crippen LogP contribution in [0.25, 0.3) is 5.65 Å². The number of imidazole rings is 1. The molecule has 4 rings (SSSR count). The standard InChI is InChI=1S/C20H21N7O/c1-4-28-19-12-17(23-15-5-7-27-8-6-21-18(27)11-15)25-20(26-19)24-16-10-13(2)9-14(3)22-16/h5-12H,4H2,1-3H3,(H2,22,23,24,25,26). The Balaban J connectivity index is 1.64. The smallest absolute Gasteiger partial charge is 0.233 e. The molecule has 4 aromatic rings. The number of anilines is 4. The summed E-state index contributed by atoms with van der Waals surface area (Å²) in [4.78, 5) is 17.8. The Hall–Kier alpha value is -3.68. The molecule has 8 nitrogen and oxygen atoms in total. The molecule has 0 radical (unpaired) electrons. The second kappa shape index (κ2) is 7.51. The molecular formula is C20H21N7O. The number of rotatable bonds is 6. The lowest BCUT2D eigenvalue weighted by Crippen LogP contribution is -2.05. The molecule has 0 aliphatic rings. The molecule has 28 heavy (non-hydrogen) atoms. The van der Waals surface area contributed by atoms with Crippen molar-refractivity contribution < 1.29 is 4.74 Å². The van der Waals surface area contributed by atoms with Gasteiger partial charge in [-0.2, -0.15) is 9.97 Å². The van der Waals surface area contributed by atoms with E-state index in [4.69, 9.17) is 4.74 Å². The van der Waals surface area contributed by atoms with Gasteiger partial charge in [0.05, 0.1) is 6.61 Å². The van der Waals surface area contributed by atoms with Crippen molar-refractivity contribution in [3.63, 3.8) is 0 Å². The van der Waals surface area contributed by atoms with E-state index in [1.54, 1.807) is 12.3 Å². The Morgan fingerprint density at radius 1 is 0.964 bits per heavy atom. The summed E-state index contributed by atoms with van der Waals surface area (Å²) in [5.74, 6) is 2.19. The van der Waals surface area contributed by atoms with Crippen molar-refractivity contribution in [1.82, 2.24) is 24.3 Å². The van der Waals surface area contributed by atoms with E-state index >= 15 is 0 Å². The quantitative estimate of drug-likeness (QED) is 0.526. The molecule has 4 heterocycles. The molecule has 0 atom stereocenters. The van der Waals surface area contributed by atoms with Crippen LogP contribution in [0, 0.1) is 13.8 Å². The van der Waals surface area contributed by atoms with Gasteiger partial charge in [0.25, 0.3) is 0 Å². The SMILES string of the molecule is CCOc1cc(Nc2ccn3ccnc3c2)nc(Nc2cc(C)cc(C)n2)n1. The summed E-state index contributed by atoms with van der Waals surface area (Å²) in [6.07, 6.45) is 5.60. The lowest BCUT2D eigenvalue weighted by Gasteiger charge is -2.12. The van der Waals surface area contributed by atoms with Crippen molar-refractivity contribution >= 4 is 28.9 Å². The molecule has 8 heteroatoms. The van der Waals surface area contributed by atoms with Gasteiger partial charge >= 0.3 is 0 Å². The number of aryl methyl sites for hydroxylation is 2. The van der Waals surface area contributed by atoms with Crippen molar-refractivity contribution in [2.24, 2.45) is 0 Å². The summed E-state index contributed by atoms with van der Waals surface area (Å²) in [6.45, 7) is 6.41. The van der Waals surface area contributed by atoms with Gasteiger partial charge in [-0.15, -0.1) is 0 Å². The van der Waals surface area contributed by atoms with Crippen LogP contribution in [0.4, 0.5) is 23.3 Å². The number of hydrogen-bond acceptors (Lipinski definition) is 7. The summed E-state index contributed by atoms with van der Waals surface area (Å²) in [7, 11) is 0. The van der Waals surface area contributed by atoms with Gasteiger partial charge in [0.15, 0.2) is 0 Å². The van der Waals surface area contributed by atoms with E-state index in [2.05, 4.69) is 30.6 Å². The number of nitrogens with zero attached hydrogens (tertiary/aromatic N) is 5. The zero-order valence-electron chi connectivity index (χ0n) is 16.0. The van der Waals surface area contributed by atoms with Crippen molar-refractivity contribution in [2.45, 2.75) is 20.8 Å². The fraction of sp³-hybridized carbons (Fsp3) is 0.200. The third-order valence-corrected chi connectivity index (χ3v) is 4.00. The van der Waals surface area contributed by atoms with Crippen LogP contribution in [-0.2, 0) is 0 Å². The van der Waals surface area contributed by atoms with Gasteiger partial charge < -0.3 is 19.8 Å². The molecule has 0 bridgehead atoms. The number of aromatic nitrogens is 5. The topological polar surface area (TPSA) is 89.3 Å². The number of pyridine rings is 2. The first-order chi connectivity index (χ1) is 13.6. The van der Waals surface area contributed by atoms with Crippen molar-refractivity contribution in [3.8, 4) is 5.88 Å². The predicted molar refractivity (Wildman–Crippen MR) is 109 cm³/mol. The van der Waals surface area contributed by atoms with Crippen LogP contribution in [-0.4, -0.2) is 30.9 Å². The van der Waals surface area contributed by atoms with Crippen molar-refractivity contribution in [2.75, 3.05) is 17.2 Å². The van der Waals surface area contributed by atoms with Crippen LogP contribution in [0.2, 0.25) is 0 Å². The Morgan fingerprint density at radius 3 is 2.64 bits per heavy atom. The van der Waals surface area contributed by atoms with E-state index in [-0.39, 0.29) is 0 Å². The highest BCUT2D eigenvalue weighted by molar-refractivity contribution is 5.63. The number of hydrogen-bond donors (Lipinski definition) is 2. The van der Waals surface area contributed by atoms with Gasteiger partial charge in [-0.05, 0) is 44.5 Å². The first kappa shape index (κ1) is 17.7. The van der Waals surface area contributed by atoms with Gasteiger partial charge in [-0.1, -0.05) is 0 Å². The summed E-state index contributed by atoms with van der Waals surface area (Å²) in [5.41, 5.74) is 3.76. The summed E-state index contributed by atoms with van der Waals surface area (Å²) < 4.78 is 7.54. The van der Waals surface area contributed by atoms with Crippen LogP contribution < -0.4 is 15.4 Å². The summed E-state index contributed by atoms with van der Waals surface area (Å²) >= 11 is 0. The summed E-state index contributed by atoms with van der Waals surface area (Å²) in [5, 5.41) is 6.46. The van der Waals surface area contributed by atoms with E-state index in [0.29, 0.717) is 30.1 Å². The average molecular weight is 375 g/mol. The molecule has 0 aliphatic carbocycles. The van der Waals surface area contributed by atoms with Crippen LogP contribution in [0.5, 0.6) is 5.88 Å². The highest BCUT2D eigenvalue weighted by Crippen LogP contribution is 2.23. The second-order valence-electron chi connectivity index (χ2n) is 6.38. The molecule has 0 saturated carbocycles.